The second-order valence-corrected chi connectivity index (χ2v) is 5.10. The van der Waals surface area contributed by atoms with Crippen molar-refractivity contribution in [2.24, 2.45) is 5.92 Å². The van der Waals surface area contributed by atoms with Crippen LogP contribution in [0, 0.1) is 12.8 Å². The number of aryl methyl sites for hydroxylation is 1. The standard InChI is InChI=1S/C16H27NO/c1-6-12(3)10-15(17-7-2)14-9-8-13(4)11-16(14)18-5/h8-9,11-12,15,17H,6-7,10H2,1-5H3. The normalized spacial score (nSPS) is 14.3. The minimum Gasteiger partial charge on any atom is -0.496 e. The molecule has 1 N–H and O–H groups in total. The minimum atomic E-state index is 0.389. The summed E-state index contributed by atoms with van der Waals surface area (Å²) in [4.78, 5) is 0. The lowest BCUT2D eigenvalue weighted by atomic mass is 9.93. The van der Waals surface area contributed by atoms with Gasteiger partial charge in [-0.15, -0.1) is 0 Å². The Balaban J connectivity index is 2.96. The van der Waals surface area contributed by atoms with Crippen molar-refractivity contribution >= 4 is 0 Å². The highest BCUT2D eigenvalue weighted by molar-refractivity contribution is 5.39. The molecule has 1 aromatic rings. The Kier molecular flexibility index (Phi) is 6.20. The largest absolute Gasteiger partial charge is 0.496 e. The van der Waals surface area contributed by atoms with Crippen molar-refractivity contribution in [3.8, 4) is 5.75 Å². The van der Waals surface area contributed by atoms with Crippen LogP contribution in [-0.2, 0) is 0 Å². The second kappa shape index (κ2) is 7.42. The topological polar surface area (TPSA) is 21.3 Å². The first kappa shape index (κ1) is 15.0. The quantitative estimate of drug-likeness (QED) is 0.786. The Bertz CT molecular complexity index is 362. The third kappa shape index (κ3) is 4.02. The molecular formula is C16H27NO. The van der Waals surface area contributed by atoms with Crippen LogP contribution in [0.1, 0.15) is 50.8 Å². The highest BCUT2D eigenvalue weighted by Gasteiger charge is 2.17. The maximum Gasteiger partial charge on any atom is 0.123 e. The Morgan fingerprint density at radius 2 is 2.00 bits per heavy atom. The molecule has 0 aliphatic carbocycles. The predicted molar refractivity (Wildman–Crippen MR) is 78.2 cm³/mol. The number of nitrogens with one attached hydrogen (secondary N) is 1. The summed E-state index contributed by atoms with van der Waals surface area (Å²) in [6, 6.07) is 6.87. The molecule has 1 aromatic carbocycles. The Labute approximate surface area is 112 Å². The molecule has 0 radical (unpaired) electrons. The number of hydrogen-bond acceptors (Lipinski definition) is 2. The second-order valence-electron chi connectivity index (χ2n) is 5.10. The number of hydrogen-bond donors (Lipinski definition) is 1. The fourth-order valence-electron chi connectivity index (χ4n) is 2.24. The molecule has 2 unspecified atom stereocenters. The van der Waals surface area contributed by atoms with Gasteiger partial charge in [0.2, 0.25) is 0 Å². The molecule has 0 saturated heterocycles. The molecule has 0 aromatic heterocycles. The van der Waals surface area contributed by atoms with Crippen LogP contribution in [0.5, 0.6) is 5.75 Å². The van der Waals surface area contributed by atoms with E-state index < -0.39 is 0 Å². The number of ether oxygens (including phenoxy) is 1. The summed E-state index contributed by atoms with van der Waals surface area (Å²) in [5.74, 6) is 1.73. The first-order valence-corrected chi connectivity index (χ1v) is 7.00. The van der Waals surface area contributed by atoms with Crippen LogP contribution in [0.4, 0.5) is 0 Å². The molecule has 0 aliphatic rings. The summed E-state index contributed by atoms with van der Waals surface area (Å²) in [5.41, 5.74) is 2.53. The van der Waals surface area contributed by atoms with Gasteiger partial charge in [-0.1, -0.05) is 39.3 Å². The molecule has 18 heavy (non-hydrogen) atoms. The van der Waals surface area contributed by atoms with Gasteiger partial charge >= 0.3 is 0 Å². The summed E-state index contributed by atoms with van der Waals surface area (Å²) >= 11 is 0. The number of benzene rings is 1. The highest BCUT2D eigenvalue weighted by atomic mass is 16.5. The van der Waals surface area contributed by atoms with Crippen LogP contribution in [0.3, 0.4) is 0 Å². The summed E-state index contributed by atoms with van der Waals surface area (Å²) in [5, 5.41) is 3.58. The molecular weight excluding hydrogens is 222 g/mol. The van der Waals surface area contributed by atoms with E-state index in [2.05, 4.69) is 51.2 Å². The van der Waals surface area contributed by atoms with E-state index in [9.17, 15) is 0 Å². The maximum atomic E-state index is 5.53. The van der Waals surface area contributed by atoms with Crippen LogP contribution >= 0.6 is 0 Å². The van der Waals surface area contributed by atoms with Crippen LogP contribution in [-0.4, -0.2) is 13.7 Å². The molecule has 0 saturated carbocycles. The molecule has 2 heteroatoms. The van der Waals surface area contributed by atoms with Gasteiger partial charge in [0, 0.05) is 11.6 Å². The first-order valence-electron chi connectivity index (χ1n) is 7.00. The third-order valence-electron chi connectivity index (χ3n) is 3.55. The van der Waals surface area contributed by atoms with Crippen molar-refractivity contribution in [1.29, 1.82) is 0 Å². The average molecular weight is 249 g/mol. The van der Waals surface area contributed by atoms with Gasteiger partial charge in [0.1, 0.15) is 5.75 Å². The maximum absolute atomic E-state index is 5.53. The van der Waals surface area contributed by atoms with E-state index in [-0.39, 0.29) is 0 Å². The molecule has 0 bridgehead atoms. The van der Waals surface area contributed by atoms with Crippen molar-refractivity contribution in [2.75, 3.05) is 13.7 Å². The van der Waals surface area contributed by atoms with Crippen molar-refractivity contribution < 1.29 is 4.74 Å². The Morgan fingerprint density at radius 1 is 1.28 bits per heavy atom. The van der Waals surface area contributed by atoms with Crippen molar-refractivity contribution in [3.63, 3.8) is 0 Å². The zero-order valence-electron chi connectivity index (χ0n) is 12.4. The Morgan fingerprint density at radius 3 is 2.56 bits per heavy atom. The lowest BCUT2D eigenvalue weighted by Crippen LogP contribution is -2.23. The van der Waals surface area contributed by atoms with Gasteiger partial charge in [0.05, 0.1) is 7.11 Å². The van der Waals surface area contributed by atoms with Gasteiger partial charge in [-0.25, -0.2) is 0 Å². The monoisotopic (exact) mass is 249 g/mol. The highest BCUT2D eigenvalue weighted by Crippen LogP contribution is 2.31. The number of methoxy groups -OCH3 is 1. The number of rotatable bonds is 7. The van der Waals surface area contributed by atoms with E-state index in [1.54, 1.807) is 7.11 Å². The zero-order valence-corrected chi connectivity index (χ0v) is 12.4. The molecule has 102 valence electrons. The zero-order chi connectivity index (χ0) is 13.5. The summed E-state index contributed by atoms with van der Waals surface area (Å²) in [6.07, 6.45) is 2.37. The van der Waals surface area contributed by atoms with Crippen LogP contribution in [0.25, 0.3) is 0 Å². The van der Waals surface area contributed by atoms with E-state index in [0.29, 0.717) is 6.04 Å². The van der Waals surface area contributed by atoms with Crippen molar-refractivity contribution in [3.05, 3.63) is 29.3 Å². The fraction of sp³-hybridized carbons (Fsp3) is 0.625. The average Bonchev–Trinajstić information content (AvgIpc) is 2.37. The SMILES string of the molecule is CCNC(CC(C)CC)c1ccc(C)cc1OC. The molecule has 1 rings (SSSR count). The van der Waals surface area contributed by atoms with E-state index in [4.69, 9.17) is 4.74 Å². The lowest BCUT2D eigenvalue weighted by Gasteiger charge is -2.23. The molecule has 0 spiro atoms. The van der Waals surface area contributed by atoms with E-state index >= 15 is 0 Å². The Hall–Kier alpha value is -1.02. The molecule has 0 aliphatic heterocycles. The first-order chi connectivity index (χ1) is 8.62. The van der Waals surface area contributed by atoms with E-state index in [1.807, 2.05) is 0 Å². The third-order valence-corrected chi connectivity index (χ3v) is 3.55. The summed E-state index contributed by atoms with van der Waals surface area (Å²) in [7, 11) is 1.75. The minimum absolute atomic E-state index is 0.389. The van der Waals surface area contributed by atoms with Crippen molar-refractivity contribution in [2.45, 2.75) is 46.6 Å². The molecule has 0 fully saturated rings. The van der Waals surface area contributed by atoms with Gasteiger partial charge < -0.3 is 10.1 Å². The van der Waals surface area contributed by atoms with Gasteiger partial charge in [-0.3, -0.25) is 0 Å². The van der Waals surface area contributed by atoms with Crippen LogP contribution in [0.2, 0.25) is 0 Å². The van der Waals surface area contributed by atoms with Gasteiger partial charge in [-0.2, -0.15) is 0 Å². The molecule has 0 heterocycles. The fourth-order valence-corrected chi connectivity index (χ4v) is 2.24. The summed E-state index contributed by atoms with van der Waals surface area (Å²) in [6.45, 7) is 9.80. The molecule has 2 nitrogen and oxygen atoms in total. The molecule has 0 amide bonds. The predicted octanol–water partition coefficient (Wildman–Crippen LogP) is 4.09. The summed E-state index contributed by atoms with van der Waals surface area (Å²) < 4.78 is 5.53. The smallest absolute Gasteiger partial charge is 0.123 e. The lowest BCUT2D eigenvalue weighted by molar-refractivity contribution is 0.373. The van der Waals surface area contributed by atoms with Crippen molar-refractivity contribution in [1.82, 2.24) is 5.32 Å². The van der Waals surface area contributed by atoms with Gasteiger partial charge in [-0.05, 0) is 37.4 Å². The van der Waals surface area contributed by atoms with Gasteiger partial charge in [0.25, 0.3) is 0 Å². The molecule has 2 atom stereocenters. The van der Waals surface area contributed by atoms with Crippen LogP contribution in [0.15, 0.2) is 18.2 Å². The van der Waals surface area contributed by atoms with Crippen LogP contribution < -0.4 is 10.1 Å². The van der Waals surface area contributed by atoms with Gasteiger partial charge in [0.15, 0.2) is 0 Å². The van der Waals surface area contributed by atoms with E-state index in [1.165, 1.54) is 17.5 Å². The van der Waals surface area contributed by atoms with E-state index in [0.717, 1.165) is 24.6 Å².